The van der Waals surface area contributed by atoms with Gasteiger partial charge in [0.2, 0.25) is 0 Å². The number of rotatable bonds is 3. The summed E-state index contributed by atoms with van der Waals surface area (Å²) in [6.07, 6.45) is 0.949. The molecule has 20 heavy (non-hydrogen) atoms. The summed E-state index contributed by atoms with van der Waals surface area (Å²) >= 11 is 3.57. The number of ether oxygens (including phenoxy) is 1. The van der Waals surface area contributed by atoms with Gasteiger partial charge >= 0.3 is 6.03 Å². The average molecular weight is 342 g/mol. The number of nitrogens with two attached hydrogens (primary N) is 1. The van der Waals surface area contributed by atoms with Crippen molar-refractivity contribution in [1.29, 1.82) is 0 Å². The van der Waals surface area contributed by atoms with E-state index >= 15 is 0 Å². The quantitative estimate of drug-likeness (QED) is 0.915. The van der Waals surface area contributed by atoms with Crippen LogP contribution in [0.5, 0.6) is 5.75 Å². The Labute approximate surface area is 127 Å². The molecule has 1 aliphatic rings. The summed E-state index contributed by atoms with van der Waals surface area (Å²) in [4.78, 5) is 15.3. The highest BCUT2D eigenvalue weighted by molar-refractivity contribution is 9.10. The third-order valence-corrected chi connectivity index (χ3v) is 4.32. The van der Waals surface area contributed by atoms with E-state index in [2.05, 4.69) is 20.8 Å². The van der Waals surface area contributed by atoms with Crippen LogP contribution in [0.2, 0.25) is 0 Å². The van der Waals surface area contributed by atoms with Gasteiger partial charge in [-0.2, -0.15) is 0 Å². The number of nitrogens with zero attached hydrogens (tertiary/aromatic N) is 2. The maximum absolute atomic E-state index is 11.2. The van der Waals surface area contributed by atoms with Crippen LogP contribution in [0.25, 0.3) is 0 Å². The number of halogens is 1. The van der Waals surface area contributed by atoms with Gasteiger partial charge in [-0.05, 0) is 30.2 Å². The molecule has 2 rings (SSSR count). The lowest BCUT2D eigenvalue weighted by molar-refractivity contribution is 0.207. The predicted molar refractivity (Wildman–Crippen MR) is 81.7 cm³/mol. The number of urea groups is 1. The molecule has 0 bridgehead atoms. The number of benzene rings is 1. The molecule has 0 unspecified atom stereocenters. The molecule has 0 aromatic heterocycles. The second-order valence-corrected chi connectivity index (χ2v) is 5.77. The minimum absolute atomic E-state index is 0.325. The van der Waals surface area contributed by atoms with E-state index in [1.54, 1.807) is 12.0 Å². The van der Waals surface area contributed by atoms with E-state index in [-0.39, 0.29) is 6.03 Å². The molecule has 6 heteroatoms. The van der Waals surface area contributed by atoms with Gasteiger partial charge in [-0.1, -0.05) is 15.9 Å². The fourth-order valence-electron chi connectivity index (χ4n) is 2.39. The first-order valence-electron chi connectivity index (χ1n) is 6.69. The Balaban J connectivity index is 2.01. The molecule has 110 valence electrons. The van der Waals surface area contributed by atoms with Gasteiger partial charge in [0.15, 0.2) is 0 Å². The standard InChI is InChI=1S/C14H20BrN3O2/c1-20-12-3-4-13(15)11(9-12)10-17-5-2-6-18(8-7-17)14(16)19/h3-4,9H,2,5-8,10H2,1H3,(H2,16,19). The zero-order valence-corrected chi connectivity index (χ0v) is 13.2. The van der Waals surface area contributed by atoms with Crippen molar-refractivity contribution >= 4 is 22.0 Å². The van der Waals surface area contributed by atoms with Crippen LogP contribution in [0.3, 0.4) is 0 Å². The number of carbonyl (C=O) groups excluding carboxylic acids is 1. The summed E-state index contributed by atoms with van der Waals surface area (Å²) in [7, 11) is 1.67. The fraction of sp³-hybridized carbons (Fsp3) is 0.500. The Hall–Kier alpha value is -1.27. The van der Waals surface area contributed by atoms with Crippen molar-refractivity contribution in [2.45, 2.75) is 13.0 Å². The highest BCUT2D eigenvalue weighted by Gasteiger charge is 2.17. The van der Waals surface area contributed by atoms with Gasteiger partial charge < -0.3 is 15.4 Å². The van der Waals surface area contributed by atoms with Gasteiger partial charge in [0.25, 0.3) is 0 Å². The van der Waals surface area contributed by atoms with Crippen molar-refractivity contribution in [3.05, 3.63) is 28.2 Å². The minimum atomic E-state index is -0.325. The summed E-state index contributed by atoms with van der Waals surface area (Å²) < 4.78 is 6.34. The second kappa shape index (κ2) is 6.95. The molecule has 1 aromatic rings. The zero-order chi connectivity index (χ0) is 14.5. The van der Waals surface area contributed by atoms with Crippen LogP contribution in [0.15, 0.2) is 22.7 Å². The lowest BCUT2D eigenvalue weighted by Gasteiger charge is -2.21. The Morgan fingerprint density at radius 1 is 1.35 bits per heavy atom. The Kier molecular flexibility index (Phi) is 5.25. The van der Waals surface area contributed by atoms with E-state index in [4.69, 9.17) is 10.5 Å². The van der Waals surface area contributed by atoms with E-state index < -0.39 is 0 Å². The van der Waals surface area contributed by atoms with E-state index in [0.717, 1.165) is 42.8 Å². The van der Waals surface area contributed by atoms with Crippen molar-refractivity contribution in [3.63, 3.8) is 0 Å². The zero-order valence-electron chi connectivity index (χ0n) is 11.6. The number of hydrogen-bond donors (Lipinski definition) is 1. The maximum atomic E-state index is 11.2. The first kappa shape index (κ1) is 15.1. The topological polar surface area (TPSA) is 58.8 Å². The monoisotopic (exact) mass is 341 g/mol. The third kappa shape index (κ3) is 3.86. The molecule has 0 spiro atoms. The Bertz CT molecular complexity index is 481. The summed E-state index contributed by atoms with van der Waals surface area (Å²) in [6.45, 7) is 4.08. The summed E-state index contributed by atoms with van der Waals surface area (Å²) in [5, 5.41) is 0. The van der Waals surface area contributed by atoms with Crippen molar-refractivity contribution in [2.24, 2.45) is 5.73 Å². The molecular weight excluding hydrogens is 322 g/mol. The lowest BCUT2D eigenvalue weighted by atomic mass is 10.2. The van der Waals surface area contributed by atoms with E-state index in [1.165, 1.54) is 5.56 Å². The van der Waals surface area contributed by atoms with Crippen molar-refractivity contribution in [2.75, 3.05) is 33.3 Å². The highest BCUT2D eigenvalue weighted by atomic mass is 79.9. The summed E-state index contributed by atoms with van der Waals surface area (Å²) in [5.74, 6) is 0.858. The van der Waals surface area contributed by atoms with Crippen molar-refractivity contribution < 1.29 is 9.53 Å². The minimum Gasteiger partial charge on any atom is -0.497 e. The van der Waals surface area contributed by atoms with Crippen LogP contribution in [-0.2, 0) is 6.54 Å². The van der Waals surface area contributed by atoms with Crippen LogP contribution < -0.4 is 10.5 Å². The smallest absolute Gasteiger partial charge is 0.314 e. The molecule has 0 atom stereocenters. The van der Waals surface area contributed by atoms with Crippen LogP contribution in [-0.4, -0.2) is 49.1 Å². The fourth-order valence-corrected chi connectivity index (χ4v) is 2.76. The molecule has 1 aliphatic heterocycles. The average Bonchev–Trinajstić information content (AvgIpc) is 2.67. The molecule has 0 radical (unpaired) electrons. The van der Waals surface area contributed by atoms with Gasteiger partial charge in [-0.3, -0.25) is 4.90 Å². The molecule has 1 heterocycles. The first-order chi connectivity index (χ1) is 9.60. The number of amides is 2. The van der Waals surface area contributed by atoms with Gasteiger partial charge in [-0.25, -0.2) is 4.79 Å². The van der Waals surface area contributed by atoms with Crippen molar-refractivity contribution in [3.8, 4) is 5.75 Å². The molecule has 0 aliphatic carbocycles. The molecule has 5 nitrogen and oxygen atoms in total. The molecule has 1 fully saturated rings. The number of hydrogen-bond acceptors (Lipinski definition) is 3. The molecule has 2 N–H and O–H groups in total. The molecular formula is C14H20BrN3O2. The van der Waals surface area contributed by atoms with E-state index in [0.29, 0.717) is 6.54 Å². The first-order valence-corrected chi connectivity index (χ1v) is 7.48. The number of methoxy groups -OCH3 is 1. The normalized spacial score (nSPS) is 16.8. The lowest BCUT2D eigenvalue weighted by Crippen LogP contribution is -2.38. The van der Waals surface area contributed by atoms with Gasteiger partial charge in [-0.15, -0.1) is 0 Å². The molecule has 1 saturated heterocycles. The third-order valence-electron chi connectivity index (χ3n) is 3.55. The van der Waals surface area contributed by atoms with E-state index in [9.17, 15) is 4.79 Å². The largest absolute Gasteiger partial charge is 0.497 e. The molecule has 0 saturated carbocycles. The maximum Gasteiger partial charge on any atom is 0.314 e. The second-order valence-electron chi connectivity index (χ2n) is 4.91. The van der Waals surface area contributed by atoms with Gasteiger partial charge in [0.05, 0.1) is 7.11 Å². The van der Waals surface area contributed by atoms with Crippen LogP contribution in [0.1, 0.15) is 12.0 Å². The van der Waals surface area contributed by atoms with Gasteiger partial charge in [0, 0.05) is 37.2 Å². The van der Waals surface area contributed by atoms with E-state index in [1.807, 2.05) is 18.2 Å². The highest BCUT2D eigenvalue weighted by Crippen LogP contribution is 2.24. The van der Waals surface area contributed by atoms with Crippen LogP contribution in [0, 0.1) is 0 Å². The molecule has 1 aromatic carbocycles. The molecule has 2 amide bonds. The SMILES string of the molecule is COc1ccc(Br)c(CN2CCCN(C(N)=O)CC2)c1. The number of primary amides is 1. The van der Waals surface area contributed by atoms with Gasteiger partial charge in [0.1, 0.15) is 5.75 Å². The summed E-state index contributed by atoms with van der Waals surface area (Å²) in [5.41, 5.74) is 6.53. The summed E-state index contributed by atoms with van der Waals surface area (Å²) in [6, 6.07) is 5.65. The number of carbonyl (C=O) groups is 1. The van der Waals surface area contributed by atoms with Crippen LogP contribution in [0.4, 0.5) is 4.79 Å². The Morgan fingerprint density at radius 2 is 2.15 bits per heavy atom. The van der Waals surface area contributed by atoms with Crippen molar-refractivity contribution in [1.82, 2.24) is 9.80 Å². The predicted octanol–water partition coefficient (Wildman–Crippen LogP) is 2.04. The van der Waals surface area contributed by atoms with Crippen LogP contribution >= 0.6 is 15.9 Å². The Morgan fingerprint density at radius 3 is 2.85 bits per heavy atom.